The Morgan fingerprint density at radius 3 is 2.50 bits per heavy atom. The molecule has 0 N–H and O–H groups in total. The van der Waals surface area contributed by atoms with E-state index < -0.39 is 0 Å². The van der Waals surface area contributed by atoms with Gasteiger partial charge in [0.05, 0.1) is 24.1 Å². The van der Waals surface area contributed by atoms with Crippen LogP contribution in [0.3, 0.4) is 0 Å². The summed E-state index contributed by atoms with van der Waals surface area (Å²) in [6.07, 6.45) is 1.70. The topological polar surface area (TPSA) is 62.9 Å². The molecule has 0 atom stereocenters. The fourth-order valence-electron chi connectivity index (χ4n) is 3.73. The van der Waals surface area contributed by atoms with Gasteiger partial charge in [-0.2, -0.15) is 10.2 Å². The predicted molar refractivity (Wildman–Crippen MR) is 121 cm³/mol. The number of hydrogen-bond acceptors (Lipinski definition) is 4. The van der Waals surface area contributed by atoms with E-state index >= 15 is 0 Å². The normalized spacial score (nSPS) is 14.9. The number of para-hydroxylation sites is 1. The van der Waals surface area contributed by atoms with Crippen molar-refractivity contribution in [3.8, 4) is 0 Å². The third-order valence-corrected chi connectivity index (χ3v) is 5.45. The Bertz CT molecular complexity index is 1150. The predicted octanol–water partition coefficient (Wildman–Crippen LogP) is 4.05. The van der Waals surface area contributed by atoms with Gasteiger partial charge in [0.25, 0.3) is 5.91 Å². The number of anilines is 1. The molecule has 6 nitrogen and oxygen atoms in total. The number of aryl methyl sites for hydroxylation is 2. The monoisotopic (exact) mass is 399 g/mol. The van der Waals surface area contributed by atoms with Crippen LogP contribution in [0, 0.1) is 20.8 Å². The van der Waals surface area contributed by atoms with Crippen molar-refractivity contribution in [1.29, 1.82) is 0 Å². The fourth-order valence-corrected chi connectivity index (χ4v) is 3.73. The first kappa shape index (κ1) is 19.8. The first-order chi connectivity index (χ1) is 14.5. The van der Waals surface area contributed by atoms with E-state index in [4.69, 9.17) is 0 Å². The number of carbonyl (C=O) groups excluding carboxylic acids is 1. The number of nitrogens with zero attached hydrogens (tertiary/aromatic N) is 5. The number of amides is 1. The molecule has 1 aliphatic heterocycles. The van der Waals surface area contributed by atoms with Gasteiger partial charge in [-0.3, -0.25) is 9.48 Å². The van der Waals surface area contributed by atoms with Gasteiger partial charge in [-0.1, -0.05) is 48.0 Å². The molecule has 0 bridgehead atoms. The van der Waals surface area contributed by atoms with Crippen LogP contribution >= 0.6 is 0 Å². The summed E-state index contributed by atoms with van der Waals surface area (Å²) in [5.74, 6) is -0.112. The van der Waals surface area contributed by atoms with Crippen LogP contribution in [-0.4, -0.2) is 34.2 Å². The Labute approximate surface area is 176 Å². The first-order valence-electron chi connectivity index (χ1n) is 10.1. The van der Waals surface area contributed by atoms with Gasteiger partial charge < -0.3 is 4.90 Å². The third kappa shape index (κ3) is 3.56. The minimum absolute atomic E-state index is 0.112. The highest BCUT2D eigenvalue weighted by Crippen LogP contribution is 2.28. The summed E-state index contributed by atoms with van der Waals surface area (Å²) >= 11 is 0. The number of fused-ring (bicyclic) bond motifs is 1. The zero-order chi connectivity index (χ0) is 21.3. The summed E-state index contributed by atoms with van der Waals surface area (Å²) in [5.41, 5.74) is 7.36. The molecule has 1 aliphatic rings. The van der Waals surface area contributed by atoms with Gasteiger partial charge in [0.15, 0.2) is 5.71 Å². The number of benzene rings is 2. The average molecular weight is 399 g/mol. The molecule has 4 rings (SSSR count). The Hall–Kier alpha value is -3.54. The molecule has 0 spiro atoms. The second-order valence-electron chi connectivity index (χ2n) is 7.49. The van der Waals surface area contributed by atoms with Crippen molar-refractivity contribution < 1.29 is 4.79 Å². The molecule has 0 saturated carbocycles. The summed E-state index contributed by atoms with van der Waals surface area (Å²) in [6.45, 7) is 9.32. The van der Waals surface area contributed by atoms with Gasteiger partial charge in [0, 0.05) is 23.4 Å². The molecule has 2 aromatic carbocycles. The molecule has 6 heteroatoms. The van der Waals surface area contributed by atoms with E-state index in [1.807, 2.05) is 49.7 Å². The van der Waals surface area contributed by atoms with Gasteiger partial charge in [-0.15, -0.1) is 5.10 Å². The lowest BCUT2D eigenvalue weighted by atomic mass is 10.1. The Balaban J connectivity index is 1.60. The highest BCUT2D eigenvalue weighted by atomic mass is 16.2. The molecule has 1 amide bonds. The van der Waals surface area contributed by atoms with Crippen LogP contribution in [0.15, 0.2) is 58.7 Å². The SMILES string of the molecule is CCN1C(=O)/C(=N/N=C\c2c(C)nn(Cc3ccc(C)cc3)c2C)c2ccccc21. The Morgan fingerprint density at radius 1 is 1.03 bits per heavy atom. The minimum Gasteiger partial charge on any atom is -0.307 e. The Morgan fingerprint density at radius 2 is 1.77 bits per heavy atom. The zero-order valence-corrected chi connectivity index (χ0v) is 17.8. The van der Waals surface area contributed by atoms with Crippen LogP contribution < -0.4 is 4.90 Å². The van der Waals surface area contributed by atoms with Crippen molar-refractivity contribution >= 4 is 23.5 Å². The van der Waals surface area contributed by atoms with Gasteiger partial charge in [-0.05, 0) is 39.3 Å². The van der Waals surface area contributed by atoms with E-state index in [9.17, 15) is 4.79 Å². The molecule has 1 aromatic heterocycles. The zero-order valence-electron chi connectivity index (χ0n) is 17.8. The van der Waals surface area contributed by atoms with Crippen molar-refractivity contribution in [3.05, 3.63) is 82.2 Å². The molecule has 3 aromatic rings. The molecular formula is C24H25N5O. The van der Waals surface area contributed by atoms with Crippen LogP contribution in [0.25, 0.3) is 0 Å². The summed E-state index contributed by atoms with van der Waals surface area (Å²) < 4.78 is 1.98. The van der Waals surface area contributed by atoms with E-state index in [1.165, 1.54) is 11.1 Å². The quantitative estimate of drug-likeness (QED) is 0.480. The van der Waals surface area contributed by atoms with Crippen LogP contribution in [-0.2, 0) is 11.3 Å². The second kappa shape index (κ2) is 8.06. The highest BCUT2D eigenvalue weighted by molar-refractivity contribution is 6.54. The van der Waals surface area contributed by atoms with Crippen LogP contribution in [0.1, 0.15) is 40.6 Å². The maximum atomic E-state index is 12.7. The number of likely N-dealkylation sites (N-methyl/N-ethyl adjacent to an activating group) is 1. The largest absolute Gasteiger partial charge is 0.307 e. The fraction of sp³-hybridized carbons (Fsp3) is 0.250. The molecule has 30 heavy (non-hydrogen) atoms. The summed E-state index contributed by atoms with van der Waals surface area (Å²) in [5, 5.41) is 13.2. The maximum absolute atomic E-state index is 12.7. The summed E-state index contributed by atoms with van der Waals surface area (Å²) in [6, 6.07) is 16.1. The van der Waals surface area contributed by atoms with Crippen LogP contribution in [0.2, 0.25) is 0 Å². The van der Waals surface area contributed by atoms with E-state index in [0.29, 0.717) is 18.8 Å². The minimum atomic E-state index is -0.112. The van der Waals surface area contributed by atoms with Gasteiger partial charge in [-0.25, -0.2) is 0 Å². The molecule has 0 saturated heterocycles. The molecule has 152 valence electrons. The third-order valence-electron chi connectivity index (χ3n) is 5.45. The van der Waals surface area contributed by atoms with E-state index in [1.54, 1.807) is 11.1 Å². The van der Waals surface area contributed by atoms with Gasteiger partial charge in [0.2, 0.25) is 0 Å². The van der Waals surface area contributed by atoms with Crippen molar-refractivity contribution in [2.24, 2.45) is 10.2 Å². The van der Waals surface area contributed by atoms with Crippen LogP contribution in [0.5, 0.6) is 0 Å². The summed E-state index contributed by atoms with van der Waals surface area (Å²) in [7, 11) is 0. The Kier molecular flexibility index (Phi) is 5.31. The van der Waals surface area contributed by atoms with E-state index in [0.717, 1.165) is 28.2 Å². The highest BCUT2D eigenvalue weighted by Gasteiger charge is 2.32. The standard InChI is InChI=1S/C24H25N5O/c1-5-28-22-9-7-6-8-20(22)23(24(28)30)26-25-14-21-17(3)27-29(18(21)4)15-19-12-10-16(2)11-13-19/h6-14H,5,15H2,1-4H3/b25-14-,26-23+. The molecule has 0 radical (unpaired) electrons. The van der Waals surface area contributed by atoms with Crippen molar-refractivity contribution in [2.75, 3.05) is 11.4 Å². The average Bonchev–Trinajstić information content (AvgIpc) is 3.17. The maximum Gasteiger partial charge on any atom is 0.279 e. The van der Waals surface area contributed by atoms with E-state index in [2.05, 4.69) is 46.5 Å². The molecular weight excluding hydrogens is 374 g/mol. The lowest BCUT2D eigenvalue weighted by molar-refractivity contribution is -0.112. The number of carbonyl (C=O) groups is 1. The molecule has 0 aliphatic carbocycles. The van der Waals surface area contributed by atoms with Crippen LogP contribution in [0.4, 0.5) is 5.69 Å². The second-order valence-corrected chi connectivity index (χ2v) is 7.49. The number of aromatic nitrogens is 2. The van der Waals surface area contributed by atoms with E-state index in [-0.39, 0.29) is 5.91 Å². The molecule has 0 fully saturated rings. The molecule has 0 unspecified atom stereocenters. The smallest absolute Gasteiger partial charge is 0.279 e. The van der Waals surface area contributed by atoms with Crippen molar-refractivity contribution in [1.82, 2.24) is 9.78 Å². The lowest BCUT2D eigenvalue weighted by Gasteiger charge is -2.12. The lowest BCUT2D eigenvalue weighted by Crippen LogP contribution is -2.29. The van der Waals surface area contributed by atoms with Gasteiger partial charge >= 0.3 is 0 Å². The first-order valence-corrected chi connectivity index (χ1v) is 10.1. The molecule has 2 heterocycles. The van der Waals surface area contributed by atoms with Crippen molar-refractivity contribution in [2.45, 2.75) is 34.2 Å². The summed E-state index contributed by atoms with van der Waals surface area (Å²) in [4.78, 5) is 14.4. The van der Waals surface area contributed by atoms with Crippen molar-refractivity contribution in [3.63, 3.8) is 0 Å². The van der Waals surface area contributed by atoms with Gasteiger partial charge in [0.1, 0.15) is 0 Å². The number of hydrogen-bond donors (Lipinski definition) is 0. The number of rotatable bonds is 5.